The molecule has 0 radical (unpaired) electrons. The van der Waals surface area contributed by atoms with E-state index in [2.05, 4.69) is 38.3 Å². The zero-order valence-corrected chi connectivity index (χ0v) is 13.7. The van der Waals surface area contributed by atoms with Crippen LogP contribution < -0.4 is 9.62 Å². The minimum absolute atomic E-state index is 0.576. The van der Waals surface area contributed by atoms with Gasteiger partial charge in [0, 0.05) is 36.4 Å². The minimum atomic E-state index is 0.576. The van der Waals surface area contributed by atoms with E-state index >= 15 is 0 Å². The van der Waals surface area contributed by atoms with Gasteiger partial charge >= 0.3 is 0 Å². The number of hydrogen-bond acceptors (Lipinski definition) is 6. The molecule has 2 aromatic heterocycles. The van der Waals surface area contributed by atoms with E-state index in [1.54, 1.807) is 24.3 Å². The van der Waals surface area contributed by atoms with Gasteiger partial charge in [0.25, 0.3) is 0 Å². The second-order valence-corrected chi connectivity index (χ2v) is 6.29. The Kier molecular flexibility index (Phi) is 3.88. The fourth-order valence-electron chi connectivity index (χ4n) is 2.57. The first-order chi connectivity index (χ1) is 11.8. The standard InChI is InChI=1S/C18H15N5S/c1-2-11-23-15-6-4-3-5-14(15)17-16(24-23)12-20-18(22-17)21-13-7-9-19-10-8-13/h2-10,12H,1,11H2,(H,19,20,21,22). The molecule has 0 aliphatic carbocycles. The molecule has 0 spiro atoms. The molecule has 0 saturated heterocycles. The average Bonchev–Trinajstić information content (AvgIpc) is 2.63. The van der Waals surface area contributed by atoms with E-state index in [1.165, 1.54) is 0 Å². The molecular formula is C18H15N5S. The largest absolute Gasteiger partial charge is 0.324 e. The van der Waals surface area contributed by atoms with Gasteiger partial charge < -0.3 is 9.62 Å². The molecule has 1 aliphatic heterocycles. The molecule has 0 amide bonds. The molecule has 1 aromatic carbocycles. The first-order valence-corrected chi connectivity index (χ1v) is 8.32. The Morgan fingerprint density at radius 2 is 2.00 bits per heavy atom. The van der Waals surface area contributed by atoms with E-state index in [0.717, 1.165) is 34.1 Å². The molecule has 24 heavy (non-hydrogen) atoms. The van der Waals surface area contributed by atoms with Crippen LogP contribution in [0.4, 0.5) is 17.3 Å². The topological polar surface area (TPSA) is 53.9 Å². The monoisotopic (exact) mass is 333 g/mol. The molecule has 5 nitrogen and oxygen atoms in total. The van der Waals surface area contributed by atoms with Gasteiger partial charge in [-0.3, -0.25) is 4.98 Å². The fraction of sp³-hybridized carbons (Fsp3) is 0.0556. The maximum atomic E-state index is 4.73. The maximum Gasteiger partial charge on any atom is 0.227 e. The van der Waals surface area contributed by atoms with Crippen molar-refractivity contribution in [3.05, 3.63) is 67.6 Å². The average molecular weight is 333 g/mol. The number of nitrogens with zero attached hydrogens (tertiary/aromatic N) is 4. The number of aromatic nitrogens is 3. The number of rotatable bonds is 4. The molecule has 1 aliphatic rings. The van der Waals surface area contributed by atoms with E-state index in [-0.39, 0.29) is 0 Å². The quantitative estimate of drug-likeness (QED) is 0.568. The highest BCUT2D eigenvalue weighted by atomic mass is 32.2. The van der Waals surface area contributed by atoms with Crippen LogP contribution in [0, 0.1) is 0 Å². The number of pyridine rings is 1. The highest BCUT2D eigenvalue weighted by Crippen LogP contribution is 2.45. The van der Waals surface area contributed by atoms with Crippen molar-refractivity contribution in [1.29, 1.82) is 0 Å². The van der Waals surface area contributed by atoms with Crippen molar-refractivity contribution in [3.63, 3.8) is 0 Å². The van der Waals surface area contributed by atoms with Gasteiger partial charge in [-0.1, -0.05) is 24.3 Å². The van der Waals surface area contributed by atoms with Gasteiger partial charge in [0.2, 0.25) is 5.95 Å². The van der Waals surface area contributed by atoms with Crippen molar-refractivity contribution in [2.24, 2.45) is 0 Å². The lowest BCUT2D eigenvalue weighted by Gasteiger charge is -2.29. The van der Waals surface area contributed by atoms with E-state index in [0.29, 0.717) is 5.95 Å². The minimum Gasteiger partial charge on any atom is -0.324 e. The van der Waals surface area contributed by atoms with Crippen molar-refractivity contribution >= 4 is 29.3 Å². The summed E-state index contributed by atoms with van der Waals surface area (Å²) in [6.07, 6.45) is 7.23. The van der Waals surface area contributed by atoms with Crippen LogP contribution in [0.25, 0.3) is 11.3 Å². The summed E-state index contributed by atoms with van der Waals surface area (Å²) in [6.45, 7) is 4.61. The third-order valence-corrected chi connectivity index (χ3v) is 4.68. The number of anilines is 3. The lowest BCUT2D eigenvalue weighted by molar-refractivity contribution is 1.08. The maximum absolute atomic E-state index is 4.73. The summed E-state index contributed by atoms with van der Waals surface area (Å²) in [6, 6.07) is 12.0. The third-order valence-electron chi connectivity index (χ3n) is 3.62. The molecule has 3 aromatic rings. The summed E-state index contributed by atoms with van der Waals surface area (Å²) in [7, 11) is 0. The molecule has 1 N–H and O–H groups in total. The molecular weight excluding hydrogens is 318 g/mol. The first-order valence-electron chi connectivity index (χ1n) is 7.55. The Balaban J connectivity index is 1.74. The molecule has 3 heterocycles. The molecule has 0 atom stereocenters. The zero-order valence-electron chi connectivity index (χ0n) is 12.9. The molecule has 0 unspecified atom stereocenters. The number of para-hydroxylation sites is 1. The van der Waals surface area contributed by atoms with Gasteiger partial charge in [-0.2, -0.15) is 0 Å². The number of fused-ring (bicyclic) bond motifs is 3. The Morgan fingerprint density at radius 3 is 2.83 bits per heavy atom. The summed E-state index contributed by atoms with van der Waals surface area (Å²) >= 11 is 1.64. The summed E-state index contributed by atoms with van der Waals surface area (Å²) in [5, 5.41) is 3.22. The third kappa shape index (κ3) is 2.72. The molecule has 118 valence electrons. The molecule has 0 fully saturated rings. The number of benzene rings is 1. The van der Waals surface area contributed by atoms with Crippen molar-refractivity contribution < 1.29 is 0 Å². The van der Waals surface area contributed by atoms with E-state index in [9.17, 15) is 0 Å². The van der Waals surface area contributed by atoms with Crippen molar-refractivity contribution in [2.45, 2.75) is 4.90 Å². The van der Waals surface area contributed by atoms with Crippen LogP contribution >= 0.6 is 11.9 Å². The normalized spacial score (nSPS) is 12.2. The SMILES string of the molecule is C=CCN1Sc2cnc(Nc3ccncc3)nc2-c2ccccc21. The smallest absolute Gasteiger partial charge is 0.227 e. The zero-order chi connectivity index (χ0) is 16.4. The second-order valence-electron chi connectivity index (χ2n) is 5.23. The lowest BCUT2D eigenvalue weighted by Crippen LogP contribution is -2.19. The number of nitrogens with one attached hydrogen (secondary N) is 1. The summed E-state index contributed by atoms with van der Waals surface area (Å²) in [4.78, 5) is 14.2. The van der Waals surface area contributed by atoms with Crippen molar-refractivity contribution in [1.82, 2.24) is 15.0 Å². The number of hydrogen-bond donors (Lipinski definition) is 1. The van der Waals surface area contributed by atoms with Crippen LogP contribution in [0.5, 0.6) is 0 Å². The van der Waals surface area contributed by atoms with E-state index < -0.39 is 0 Å². The van der Waals surface area contributed by atoms with Gasteiger partial charge in [0.05, 0.1) is 16.3 Å². The van der Waals surface area contributed by atoms with Gasteiger partial charge in [-0.15, -0.1) is 6.58 Å². The summed E-state index contributed by atoms with van der Waals surface area (Å²) in [5.41, 5.74) is 4.11. The molecule has 0 bridgehead atoms. The first kappa shape index (κ1) is 14.7. The van der Waals surface area contributed by atoms with Crippen molar-refractivity contribution in [3.8, 4) is 11.3 Å². The van der Waals surface area contributed by atoms with Gasteiger partial charge in [-0.25, -0.2) is 9.97 Å². The van der Waals surface area contributed by atoms with E-state index in [4.69, 9.17) is 4.98 Å². The summed E-state index contributed by atoms with van der Waals surface area (Å²) in [5.74, 6) is 0.576. The molecule has 4 rings (SSSR count). The van der Waals surface area contributed by atoms with Crippen LogP contribution in [-0.4, -0.2) is 21.5 Å². The highest BCUT2D eigenvalue weighted by molar-refractivity contribution is 8.00. The van der Waals surface area contributed by atoms with Crippen molar-refractivity contribution in [2.75, 3.05) is 16.2 Å². The van der Waals surface area contributed by atoms with Gasteiger partial charge in [0.15, 0.2) is 0 Å². The van der Waals surface area contributed by atoms with E-state index in [1.807, 2.05) is 36.5 Å². The Bertz CT molecular complexity index is 882. The molecule has 0 saturated carbocycles. The molecule has 6 heteroatoms. The van der Waals surface area contributed by atoms with Crippen LogP contribution in [0.1, 0.15) is 0 Å². The second kappa shape index (κ2) is 6.33. The Morgan fingerprint density at radius 1 is 1.17 bits per heavy atom. The van der Waals surface area contributed by atoms with Gasteiger partial charge in [-0.05, 0) is 30.1 Å². The van der Waals surface area contributed by atoms with Crippen LogP contribution in [-0.2, 0) is 0 Å². The predicted octanol–water partition coefficient (Wildman–Crippen LogP) is 4.30. The predicted molar refractivity (Wildman–Crippen MR) is 98.4 cm³/mol. The van der Waals surface area contributed by atoms with Crippen LogP contribution in [0.3, 0.4) is 0 Å². The highest BCUT2D eigenvalue weighted by Gasteiger charge is 2.24. The van der Waals surface area contributed by atoms with Crippen LogP contribution in [0.2, 0.25) is 0 Å². The van der Waals surface area contributed by atoms with Gasteiger partial charge in [0.1, 0.15) is 0 Å². The Hall–Kier alpha value is -2.86. The summed E-state index contributed by atoms with van der Waals surface area (Å²) < 4.78 is 2.20. The Labute approximate surface area is 144 Å². The lowest BCUT2D eigenvalue weighted by atomic mass is 10.1. The van der Waals surface area contributed by atoms with Crippen LogP contribution in [0.15, 0.2) is 72.5 Å². The fourth-order valence-corrected chi connectivity index (χ4v) is 3.58.